The van der Waals surface area contributed by atoms with E-state index in [1.807, 2.05) is 29.0 Å². The zero-order valence-corrected chi connectivity index (χ0v) is 15.0. The summed E-state index contributed by atoms with van der Waals surface area (Å²) in [7, 11) is 0. The third-order valence-corrected chi connectivity index (χ3v) is 3.96. The summed E-state index contributed by atoms with van der Waals surface area (Å²) in [5.41, 5.74) is 16.9. The molecule has 7 N–H and O–H groups in total. The van der Waals surface area contributed by atoms with Crippen LogP contribution in [0.25, 0.3) is 0 Å². The molecule has 0 aliphatic carbocycles. The van der Waals surface area contributed by atoms with Gasteiger partial charge in [-0.05, 0) is 30.8 Å². The first-order chi connectivity index (χ1) is 12.6. The van der Waals surface area contributed by atoms with Crippen LogP contribution < -0.4 is 32.0 Å². The third-order valence-electron chi connectivity index (χ3n) is 3.64. The van der Waals surface area contributed by atoms with Crippen molar-refractivity contribution < 1.29 is 9.47 Å². The molecule has 3 rings (SSSR count). The Morgan fingerprint density at radius 2 is 2.19 bits per heavy atom. The Kier molecular flexibility index (Phi) is 5.54. The Labute approximate surface area is 155 Å². The summed E-state index contributed by atoms with van der Waals surface area (Å²) < 4.78 is 13.9. The van der Waals surface area contributed by atoms with E-state index in [9.17, 15) is 0 Å². The predicted molar refractivity (Wildman–Crippen MR) is 103 cm³/mol. The van der Waals surface area contributed by atoms with E-state index in [1.54, 1.807) is 0 Å². The Morgan fingerprint density at radius 3 is 2.96 bits per heavy atom. The molecule has 1 aliphatic rings. The highest BCUT2D eigenvalue weighted by Gasteiger charge is 2.22. The first-order valence-electron chi connectivity index (χ1n) is 8.16. The van der Waals surface area contributed by atoms with Gasteiger partial charge >= 0.3 is 0 Å². The van der Waals surface area contributed by atoms with Crippen LogP contribution >= 0.6 is 12.2 Å². The van der Waals surface area contributed by atoms with E-state index < -0.39 is 0 Å². The monoisotopic (exact) mass is 375 g/mol. The molecule has 1 aliphatic heterocycles. The van der Waals surface area contributed by atoms with Gasteiger partial charge in [-0.2, -0.15) is 4.98 Å². The van der Waals surface area contributed by atoms with Gasteiger partial charge in [-0.1, -0.05) is 6.07 Å². The van der Waals surface area contributed by atoms with Gasteiger partial charge < -0.3 is 36.6 Å². The molecule has 2 aromatic rings. The molecule has 1 aromatic heterocycles. The number of hydrogen-bond donors (Lipinski definition) is 4. The molecule has 9 nitrogen and oxygen atoms in total. The number of hydrogen-bond acceptors (Lipinski definition) is 7. The quantitative estimate of drug-likeness (QED) is 0.211. The number of benzene rings is 1. The molecule has 0 saturated carbocycles. The normalized spacial score (nSPS) is 11.6. The molecular weight excluding hydrogens is 354 g/mol. The second kappa shape index (κ2) is 8.02. The van der Waals surface area contributed by atoms with Gasteiger partial charge in [0, 0.05) is 19.6 Å². The van der Waals surface area contributed by atoms with Gasteiger partial charge in [-0.25, -0.2) is 0 Å². The van der Waals surface area contributed by atoms with Gasteiger partial charge in [0.15, 0.2) is 23.3 Å². The number of nitrogens with two attached hydrogens (primary N) is 3. The molecular formula is C16H21N7O2S. The van der Waals surface area contributed by atoms with Gasteiger partial charge in [-0.15, -0.1) is 0 Å². The fraction of sp³-hybridized carbons (Fsp3) is 0.312. The van der Waals surface area contributed by atoms with Crippen molar-refractivity contribution in [2.45, 2.75) is 13.0 Å². The van der Waals surface area contributed by atoms with Crippen LogP contribution in [0.1, 0.15) is 6.42 Å². The number of rotatable bonds is 7. The van der Waals surface area contributed by atoms with Crippen LogP contribution in [0.4, 0.5) is 11.5 Å². The number of fused-ring (bicyclic) bond motifs is 2. The lowest BCUT2D eigenvalue weighted by Gasteiger charge is -2.23. The topological polar surface area (TPSA) is 139 Å². The number of nitrogens with one attached hydrogen (secondary N) is 1. The lowest BCUT2D eigenvalue weighted by molar-refractivity contribution is 0.328. The van der Waals surface area contributed by atoms with E-state index in [0.29, 0.717) is 59.8 Å². The minimum atomic E-state index is 0.0777. The number of aromatic nitrogens is 2. The number of aryl methyl sites for hydroxylation is 1. The van der Waals surface area contributed by atoms with Crippen LogP contribution in [0, 0.1) is 4.77 Å². The lowest BCUT2D eigenvalue weighted by atomic mass is 10.2. The number of para-hydroxylation sites is 1. The molecule has 0 spiro atoms. The van der Waals surface area contributed by atoms with Crippen molar-refractivity contribution in [1.29, 1.82) is 0 Å². The van der Waals surface area contributed by atoms with E-state index in [1.165, 1.54) is 0 Å². The molecule has 0 fully saturated rings. The van der Waals surface area contributed by atoms with Crippen LogP contribution in [-0.2, 0) is 6.54 Å². The number of guanidine groups is 1. The average molecular weight is 375 g/mol. The first kappa shape index (κ1) is 18.0. The second-order valence-electron chi connectivity index (χ2n) is 5.58. The van der Waals surface area contributed by atoms with E-state index in [2.05, 4.69) is 15.3 Å². The maximum atomic E-state index is 5.97. The maximum Gasteiger partial charge on any atom is 0.201 e. The maximum absolute atomic E-state index is 5.97. The van der Waals surface area contributed by atoms with Gasteiger partial charge in [-0.3, -0.25) is 4.99 Å². The van der Waals surface area contributed by atoms with Crippen molar-refractivity contribution in [3.8, 4) is 17.2 Å². The Bertz CT molecular complexity index is 877. The Morgan fingerprint density at radius 1 is 1.35 bits per heavy atom. The van der Waals surface area contributed by atoms with Gasteiger partial charge in [0.2, 0.25) is 4.77 Å². The SMILES string of the molecule is NCCOc1cccc2c1Nc1nc(=S)n(CCCN=C(N)N)cc1O2. The minimum absolute atomic E-state index is 0.0777. The Hall–Kier alpha value is -2.85. The van der Waals surface area contributed by atoms with Crippen molar-refractivity contribution in [3.05, 3.63) is 29.2 Å². The smallest absolute Gasteiger partial charge is 0.201 e. The van der Waals surface area contributed by atoms with E-state index in [-0.39, 0.29) is 5.96 Å². The number of anilines is 2. The van der Waals surface area contributed by atoms with Crippen LogP contribution in [0.5, 0.6) is 17.2 Å². The summed E-state index contributed by atoms with van der Waals surface area (Å²) in [5.74, 6) is 2.52. The van der Waals surface area contributed by atoms with Crippen LogP contribution in [0.2, 0.25) is 0 Å². The highest BCUT2D eigenvalue weighted by atomic mass is 32.1. The van der Waals surface area contributed by atoms with Crippen molar-refractivity contribution in [1.82, 2.24) is 9.55 Å². The predicted octanol–water partition coefficient (Wildman–Crippen LogP) is 1.46. The van der Waals surface area contributed by atoms with Crippen molar-refractivity contribution >= 4 is 29.7 Å². The van der Waals surface area contributed by atoms with Crippen LogP contribution in [-0.4, -0.2) is 35.2 Å². The number of ether oxygens (including phenoxy) is 2. The zero-order valence-electron chi connectivity index (χ0n) is 14.1. The van der Waals surface area contributed by atoms with Gasteiger partial charge in [0.05, 0.1) is 6.20 Å². The highest BCUT2D eigenvalue weighted by molar-refractivity contribution is 7.71. The largest absolute Gasteiger partial charge is 0.490 e. The number of aliphatic imine (C=N–C) groups is 1. The van der Waals surface area contributed by atoms with Gasteiger partial charge in [0.1, 0.15) is 18.0 Å². The molecule has 0 unspecified atom stereocenters. The molecule has 0 radical (unpaired) electrons. The average Bonchev–Trinajstić information content (AvgIpc) is 2.62. The molecule has 0 bridgehead atoms. The zero-order chi connectivity index (χ0) is 18.5. The van der Waals surface area contributed by atoms with Crippen LogP contribution in [0.15, 0.2) is 29.4 Å². The van der Waals surface area contributed by atoms with Gasteiger partial charge in [0.25, 0.3) is 0 Å². The summed E-state index contributed by atoms with van der Waals surface area (Å²) >= 11 is 5.36. The molecule has 0 atom stereocenters. The summed E-state index contributed by atoms with van der Waals surface area (Å²) in [4.78, 5) is 8.38. The number of nitrogens with zero attached hydrogens (tertiary/aromatic N) is 3. The molecule has 138 valence electrons. The van der Waals surface area contributed by atoms with Crippen LogP contribution in [0.3, 0.4) is 0 Å². The minimum Gasteiger partial charge on any atom is -0.490 e. The first-order valence-corrected chi connectivity index (χ1v) is 8.57. The fourth-order valence-corrected chi connectivity index (χ4v) is 2.73. The molecule has 26 heavy (non-hydrogen) atoms. The molecule has 2 heterocycles. The second-order valence-corrected chi connectivity index (χ2v) is 5.95. The fourth-order valence-electron chi connectivity index (χ4n) is 2.49. The van der Waals surface area contributed by atoms with Crippen molar-refractivity contribution in [3.63, 3.8) is 0 Å². The summed E-state index contributed by atoms with van der Waals surface area (Å²) in [6, 6.07) is 5.55. The Balaban J connectivity index is 1.80. The summed E-state index contributed by atoms with van der Waals surface area (Å²) in [5, 5.41) is 3.23. The summed E-state index contributed by atoms with van der Waals surface area (Å²) in [6.45, 7) is 1.99. The molecule has 0 saturated heterocycles. The lowest BCUT2D eigenvalue weighted by Crippen LogP contribution is -2.23. The molecule has 10 heteroatoms. The molecule has 1 aromatic carbocycles. The summed E-state index contributed by atoms with van der Waals surface area (Å²) in [6.07, 6.45) is 2.55. The molecule has 0 amide bonds. The third kappa shape index (κ3) is 4.03. The highest BCUT2D eigenvalue weighted by Crippen LogP contribution is 2.45. The van der Waals surface area contributed by atoms with E-state index >= 15 is 0 Å². The van der Waals surface area contributed by atoms with E-state index in [4.69, 9.17) is 38.9 Å². The standard InChI is InChI=1S/C16H21N7O2S/c17-5-8-24-10-3-1-4-11-13(10)21-14-12(25-11)9-23(16(26)22-14)7-2-6-20-15(18)19/h1,3-4,9H,2,5-8,17H2,(H4,18,19,20)(H,21,22,26). The van der Waals surface area contributed by atoms with Crippen molar-refractivity contribution in [2.75, 3.05) is 25.0 Å². The van der Waals surface area contributed by atoms with E-state index in [0.717, 1.165) is 6.42 Å². The van der Waals surface area contributed by atoms with Crippen molar-refractivity contribution in [2.24, 2.45) is 22.2 Å².